The van der Waals surface area contributed by atoms with Crippen molar-refractivity contribution in [1.82, 2.24) is 10.2 Å². The molecule has 0 spiro atoms. The molecule has 17 heavy (non-hydrogen) atoms. The molecule has 0 unspecified atom stereocenters. The molecule has 1 amide bonds. The topological polar surface area (TPSA) is 89.9 Å². The molecule has 96 valence electrons. The third kappa shape index (κ3) is 3.17. The Labute approximate surface area is 99.6 Å². The second kappa shape index (κ2) is 5.01. The van der Waals surface area contributed by atoms with Crippen molar-refractivity contribution in [2.45, 2.75) is 43.9 Å². The number of amides is 1. The first-order chi connectivity index (χ1) is 8.08. The van der Waals surface area contributed by atoms with Crippen LogP contribution in [-0.2, 0) is 9.59 Å². The van der Waals surface area contributed by atoms with Gasteiger partial charge in [0, 0.05) is 32.0 Å². The van der Waals surface area contributed by atoms with Gasteiger partial charge in [-0.05, 0) is 12.8 Å². The van der Waals surface area contributed by atoms with Crippen LogP contribution in [0.5, 0.6) is 0 Å². The quantitative estimate of drug-likeness (QED) is 0.586. The highest BCUT2D eigenvalue weighted by molar-refractivity contribution is 5.84. The van der Waals surface area contributed by atoms with Gasteiger partial charge in [-0.15, -0.1) is 0 Å². The number of aliphatic hydroxyl groups excluding tert-OH is 1. The average Bonchev–Trinajstić information content (AvgIpc) is 2.99. The molecule has 3 N–H and O–H groups in total. The molecule has 1 aliphatic heterocycles. The summed E-state index contributed by atoms with van der Waals surface area (Å²) in [7, 11) is 0. The number of aliphatic carboxylic acids is 1. The molecule has 0 aromatic heterocycles. The van der Waals surface area contributed by atoms with Gasteiger partial charge in [-0.1, -0.05) is 0 Å². The highest BCUT2D eigenvalue weighted by atomic mass is 16.4. The van der Waals surface area contributed by atoms with Gasteiger partial charge in [0.25, 0.3) is 0 Å². The largest absolute Gasteiger partial charge is 0.480 e. The van der Waals surface area contributed by atoms with Crippen LogP contribution in [0.15, 0.2) is 0 Å². The van der Waals surface area contributed by atoms with E-state index in [2.05, 4.69) is 5.32 Å². The summed E-state index contributed by atoms with van der Waals surface area (Å²) < 4.78 is 0. The summed E-state index contributed by atoms with van der Waals surface area (Å²) in [5, 5.41) is 21.6. The number of β-amino-alcohol motifs (C(OH)–C–C–N with tert-alkyl or cyclic N) is 1. The second-order valence-corrected chi connectivity index (χ2v) is 4.77. The Morgan fingerprint density at radius 3 is 2.65 bits per heavy atom. The van der Waals surface area contributed by atoms with Crippen LogP contribution < -0.4 is 5.32 Å². The Hall–Kier alpha value is -1.14. The number of rotatable bonds is 5. The zero-order chi connectivity index (χ0) is 12.4. The summed E-state index contributed by atoms with van der Waals surface area (Å²) in [6.45, 7) is 0.724. The van der Waals surface area contributed by atoms with Crippen LogP contribution >= 0.6 is 0 Å². The minimum Gasteiger partial charge on any atom is -0.480 e. The molecule has 2 atom stereocenters. The normalized spacial score (nSPS) is 28.4. The molecule has 1 aliphatic carbocycles. The Kier molecular flexibility index (Phi) is 3.63. The van der Waals surface area contributed by atoms with E-state index in [9.17, 15) is 14.7 Å². The van der Waals surface area contributed by atoms with Crippen molar-refractivity contribution < 1.29 is 19.8 Å². The summed E-state index contributed by atoms with van der Waals surface area (Å²) in [6.07, 6.45) is 2.05. The fourth-order valence-corrected chi connectivity index (χ4v) is 2.14. The zero-order valence-corrected chi connectivity index (χ0v) is 9.63. The lowest BCUT2D eigenvalue weighted by atomic mass is 10.2. The van der Waals surface area contributed by atoms with Crippen LogP contribution in [0.4, 0.5) is 0 Å². The van der Waals surface area contributed by atoms with Gasteiger partial charge in [0.15, 0.2) is 0 Å². The van der Waals surface area contributed by atoms with Gasteiger partial charge in [-0.3, -0.25) is 4.79 Å². The second-order valence-electron chi connectivity index (χ2n) is 4.77. The number of nitrogens with zero attached hydrogens (tertiary/aromatic N) is 1. The van der Waals surface area contributed by atoms with E-state index in [4.69, 9.17) is 5.11 Å². The van der Waals surface area contributed by atoms with E-state index in [1.165, 1.54) is 4.90 Å². The predicted octanol–water partition coefficient (Wildman–Crippen LogP) is -0.825. The average molecular weight is 242 g/mol. The lowest BCUT2D eigenvalue weighted by Crippen LogP contribution is -2.41. The molecule has 6 nitrogen and oxygen atoms in total. The molecule has 2 aliphatic rings. The maximum absolute atomic E-state index is 11.8. The van der Waals surface area contributed by atoms with E-state index in [-0.39, 0.29) is 18.9 Å². The SMILES string of the molecule is O=C(O)[C@@H]1C[C@@H](O)CN1C(=O)CCNC1CC1. The molecule has 1 saturated heterocycles. The monoisotopic (exact) mass is 242 g/mol. The van der Waals surface area contributed by atoms with Crippen molar-refractivity contribution in [2.75, 3.05) is 13.1 Å². The lowest BCUT2D eigenvalue weighted by molar-refractivity contribution is -0.148. The van der Waals surface area contributed by atoms with Crippen LogP contribution in [0.2, 0.25) is 0 Å². The van der Waals surface area contributed by atoms with E-state index in [0.29, 0.717) is 19.0 Å². The number of carboxylic acid groups (broad SMARTS) is 1. The number of hydrogen-bond donors (Lipinski definition) is 3. The molecule has 1 heterocycles. The number of carboxylic acids is 1. The highest BCUT2D eigenvalue weighted by Gasteiger charge is 2.38. The Morgan fingerprint density at radius 2 is 2.06 bits per heavy atom. The fraction of sp³-hybridized carbons (Fsp3) is 0.818. The van der Waals surface area contributed by atoms with Gasteiger partial charge in [0.05, 0.1) is 6.10 Å². The maximum Gasteiger partial charge on any atom is 0.326 e. The first kappa shape index (κ1) is 12.3. The van der Waals surface area contributed by atoms with E-state index in [1.807, 2.05) is 0 Å². The molecule has 0 aromatic rings. The number of nitrogens with one attached hydrogen (secondary N) is 1. The first-order valence-electron chi connectivity index (χ1n) is 6.01. The molecule has 1 saturated carbocycles. The summed E-state index contributed by atoms with van der Waals surface area (Å²) in [5.74, 6) is -1.23. The predicted molar refractivity (Wildman–Crippen MR) is 59.4 cm³/mol. The van der Waals surface area contributed by atoms with E-state index < -0.39 is 18.1 Å². The van der Waals surface area contributed by atoms with E-state index in [1.54, 1.807) is 0 Å². The van der Waals surface area contributed by atoms with Gasteiger partial charge in [-0.2, -0.15) is 0 Å². The Morgan fingerprint density at radius 1 is 1.35 bits per heavy atom. The smallest absolute Gasteiger partial charge is 0.326 e. The van der Waals surface area contributed by atoms with Crippen LogP contribution in [0.3, 0.4) is 0 Å². The third-order valence-electron chi connectivity index (χ3n) is 3.23. The summed E-state index contributed by atoms with van der Waals surface area (Å²) in [4.78, 5) is 24.0. The molecule has 2 fully saturated rings. The van der Waals surface area contributed by atoms with Gasteiger partial charge in [-0.25, -0.2) is 4.79 Å². The third-order valence-corrected chi connectivity index (χ3v) is 3.23. The maximum atomic E-state index is 11.8. The van der Waals surface area contributed by atoms with Crippen molar-refractivity contribution in [1.29, 1.82) is 0 Å². The minimum atomic E-state index is -1.04. The van der Waals surface area contributed by atoms with Crippen LogP contribution in [0.25, 0.3) is 0 Å². The van der Waals surface area contributed by atoms with E-state index in [0.717, 1.165) is 12.8 Å². The number of aliphatic hydroxyl groups is 1. The standard InChI is InChI=1S/C11H18N2O4/c14-8-5-9(11(16)17)13(6-8)10(15)3-4-12-7-1-2-7/h7-9,12,14H,1-6H2,(H,16,17)/t8-,9+/m1/s1. The van der Waals surface area contributed by atoms with E-state index >= 15 is 0 Å². The summed E-state index contributed by atoms with van der Waals surface area (Å²) in [5.41, 5.74) is 0. The summed E-state index contributed by atoms with van der Waals surface area (Å²) >= 11 is 0. The van der Waals surface area contributed by atoms with Crippen molar-refractivity contribution in [2.24, 2.45) is 0 Å². The number of hydrogen-bond acceptors (Lipinski definition) is 4. The van der Waals surface area contributed by atoms with Gasteiger partial charge in [0.2, 0.25) is 5.91 Å². The van der Waals surface area contributed by atoms with Crippen molar-refractivity contribution in [3.8, 4) is 0 Å². The zero-order valence-electron chi connectivity index (χ0n) is 9.63. The Balaban J connectivity index is 1.81. The van der Waals surface area contributed by atoms with Gasteiger partial charge >= 0.3 is 5.97 Å². The van der Waals surface area contributed by atoms with Crippen molar-refractivity contribution in [3.63, 3.8) is 0 Å². The number of likely N-dealkylation sites (tertiary alicyclic amines) is 1. The molecular weight excluding hydrogens is 224 g/mol. The van der Waals surface area contributed by atoms with Crippen LogP contribution in [-0.4, -0.2) is 58.3 Å². The first-order valence-corrected chi connectivity index (χ1v) is 6.01. The van der Waals surface area contributed by atoms with Gasteiger partial charge < -0.3 is 20.4 Å². The molecule has 0 bridgehead atoms. The van der Waals surface area contributed by atoms with Crippen LogP contribution in [0, 0.1) is 0 Å². The molecule has 6 heteroatoms. The molecular formula is C11H18N2O4. The molecule has 2 rings (SSSR count). The molecule has 0 aromatic carbocycles. The number of carbonyl (C=O) groups is 2. The number of carbonyl (C=O) groups excluding carboxylic acids is 1. The summed E-state index contributed by atoms with van der Waals surface area (Å²) in [6, 6.07) is -0.319. The minimum absolute atomic E-state index is 0.136. The van der Waals surface area contributed by atoms with Crippen LogP contribution in [0.1, 0.15) is 25.7 Å². The van der Waals surface area contributed by atoms with Crippen molar-refractivity contribution in [3.05, 3.63) is 0 Å². The van der Waals surface area contributed by atoms with Gasteiger partial charge in [0.1, 0.15) is 6.04 Å². The lowest BCUT2D eigenvalue weighted by Gasteiger charge is -2.21. The Bertz CT molecular complexity index is 317. The van der Waals surface area contributed by atoms with Crippen molar-refractivity contribution >= 4 is 11.9 Å². The fourth-order valence-electron chi connectivity index (χ4n) is 2.14. The highest BCUT2D eigenvalue weighted by Crippen LogP contribution is 2.20. The molecule has 0 radical (unpaired) electrons.